The molecule has 2 heterocycles. The van der Waals surface area contributed by atoms with Crippen molar-refractivity contribution in [2.75, 3.05) is 0 Å². The first-order chi connectivity index (χ1) is 12.3. The van der Waals surface area contributed by atoms with Crippen molar-refractivity contribution in [3.8, 4) is 11.3 Å². The van der Waals surface area contributed by atoms with E-state index in [1.165, 1.54) is 38.5 Å². The monoisotopic (exact) mass is 322 g/mol. The summed E-state index contributed by atoms with van der Waals surface area (Å²) < 4.78 is 2.30. The van der Waals surface area contributed by atoms with Crippen LogP contribution >= 0.6 is 0 Å². The summed E-state index contributed by atoms with van der Waals surface area (Å²) in [6.07, 6.45) is 0. The van der Waals surface area contributed by atoms with Gasteiger partial charge in [-0.3, -0.25) is 4.40 Å². The smallest absolute Gasteiger partial charge is 0.146 e. The van der Waals surface area contributed by atoms with Crippen LogP contribution in [0.5, 0.6) is 0 Å². The van der Waals surface area contributed by atoms with Crippen molar-refractivity contribution in [1.82, 2.24) is 9.38 Å². The van der Waals surface area contributed by atoms with Gasteiger partial charge in [0.15, 0.2) is 0 Å². The lowest BCUT2D eigenvalue weighted by Crippen LogP contribution is -1.93. The van der Waals surface area contributed by atoms with Gasteiger partial charge in [-0.05, 0) is 30.9 Å². The maximum Gasteiger partial charge on any atom is 0.146 e. The zero-order chi connectivity index (χ0) is 17.0. The van der Waals surface area contributed by atoms with Crippen molar-refractivity contribution in [2.45, 2.75) is 13.8 Å². The Balaban J connectivity index is 2.03. The number of pyridine rings is 1. The number of imidazole rings is 1. The molecule has 0 unspecified atom stereocenters. The quantitative estimate of drug-likeness (QED) is 0.350. The largest absolute Gasteiger partial charge is 0.296 e. The van der Waals surface area contributed by atoms with Crippen LogP contribution in [-0.4, -0.2) is 9.38 Å². The number of para-hydroxylation sites is 1. The summed E-state index contributed by atoms with van der Waals surface area (Å²) in [5.74, 6) is 0. The van der Waals surface area contributed by atoms with Gasteiger partial charge in [0.05, 0.1) is 11.2 Å². The minimum absolute atomic E-state index is 1.03. The molecule has 25 heavy (non-hydrogen) atoms. The van der Waals surface area contributed by atoms with Gasteiger partial charge in [0.25, 0.3) is 0 Å². The highest BCUT2D eigenvalue weighted by Crippen LogP contribution is 2.34. The molecule has 3 aromatic carbocycles. The molecule has 0 atom stereocenters. The van der Waals surface area contributed by atoms with Crippen molar-refractivity contribution in [3.63, 3.8) is 0 Å². The third kappa shape index (κ3) is 1.94. The first-order valence-electron chi connectivity index (χ1n) is 8.60. The van der Waals surface area contributed by atoms with E-state index < -0.39 is 0 Å². The van der Waals surface area contributed by atoms with Crippen LogP contribution in [0.1, 0.15) is 11.3 Å². The Bertz CT molecular complexity index is 1260. The number of rotatable bonds is 1. The van der Waals surface area contributed by atoms with Gasteiger partial charge in [-0.15, -0.1) is 0 Å². The van der Waals surface area contributed by atoms with Crippen LogP contribution in [0.25, 0.3) is 38.6 Å². The summed E-state index contributed by atoms with van der Waals surface area (Å²) >= 11 is 0. The zero-order valence-corrected chi connectivity index (χ0v) is 14.3. The summed E-state index contributed by atoms with van der Waals surface area (Å²) in [5.41, 5.74) is 6.96. The second-order valence-electron chi connectivity index (χ2n) is 6.58. The number of hydrogen-bond donors (Lipinski definition) is 0. The molecule has 0 aliphatic heterocycles. The molecule has 0 aliphatic carbocycles. The summed E-state index contributed by atoms with van der Waals surface area (Å²) in [6.45, 7) is 4.32. The molecule has 0 spiro atoms. The van der Waals surface area contributed by atoms with E-state index in [0.717, 1.165) is 11.3 Å². The summed E-state index contributed by atoms with van der Waals surface area (Å²) in [7, 11) is 0. The molecule has 0 bridgehead atoms. The molecule has 2 nitrogen and oxygen atoms in total. The van der Waals surface area contributed by atoms with Crippen LogP contribution in [0.15, 0.2) is 72.8 Å². The fraction of sp³-hybridized carbons (Fsp3) is 0.0870. The molecule has 0 fully saturated rings. The van der Waals surface area contributed by atoms with Crippen molar-refractivity contribution in [2.24, 2.45) is 0 Å². The molecule has 0 amide bonds. The first-order valence-corrected chi connectivity index (χ1v) is 8.60. The number of hydrogen-bond acceptors (Lipinski definition) is 1. The van der Waals surface area contributed by atoms with Gasteiger partial charge >= 0.3 is 0 Å². The molecular formula is C23H18N2. The third-order valence-electron chi connectivity index (χ3n) is 5.11. The number of benzene rings is 3. The lowest BCUT2D eigenvalue weighted by Gasteiger charge is -2.09. The molecule has 0 radical (unpaired) electrons. The molecular weight excluding hydrogens is 304 g/mol. The van der Waals surface area contributed by atoms with E-state index >= 15 is 0 Å². The summed E-state index contributed by atoms with van der Waals surface area (Å²) in [4.78, 5) is 5.08. The molecule has 0 saturated carbocycles. The van der Waals surface area contributed by atoms with Crippen LogP contribution in [0.3, 0.4) is 0 Å². The number of aryl methyl sites for hydroxylation is 2. The molecule has 120 valence electrons. The highest BCUT2D eigenvalue weighted by atomic mass is 15.0. The van der Waals surface area contributed by atoms with E-state index in [1.54, 1.807) is 0 Å². The highest BCUT2D eigenvalue weighted by molar-refractivity contribution is 6.12. The lowest BCUT2D eigenvalue weighted by atomic mass is 10.0. The normalized spacial score (nSPS) is 11.6. The molecule has 0 aliphatic rings. The van der Waals surface area contributed by atoms with Crippen molar-refractivity contribution >= 4 is 27.3 Å². The van der Waals surface area contributed by atoms with E-state index in [2.05, 4.69) is 91.0 Å². The number of nitrogens with zero attached hydrogens (tertiary/aromatic N) is 2. The van der Waals surface area contributed by atoms with Gasteiger partial charge in [0, 0.05) is 22.0 Å². The molecule has 2 aromatic heterocycles. The maximum atomic E-state index is 5.08. The topological polar surface area (TPSA) is 17.3 Å². The van der Waals surface area contributed by atoms with E-state index in [9.17, 15) is 0 Å². The van der Waals surface area contributed by atoms with E-state index in [1.807, 2.05) is 0 Å². The Labute approximate surface area is 146 Å². The van der Waals surface area contributed by atoms with Gasteiger partial charge in [-0.25, -0.2) is 4.98 Å². The van der Waals surface area contributed by atoms with E-state index in [4.69, 9.17) is 4.98 Å². The summed E-state index contributed by atoms with van der Waals surface area (Å²) in [5, 5.41) is 3.72. The Morgan fingerprint density at radius 2 is 1.32 bits per heavy atom. The van der Waals surface area contributed by atoms with Crippen LogP contribution in [0.2, 0.25) is 0 Å². The Hall–Kier alpha value is -3.13. The van der Waals surface area contributed by atoms with Crippen LogP contribution in [0, 0.1) is 13.8 Å². The Kier molecular flexibility index (Phi) is 2.95. The van der Waals surface area contributed by atoms with Crippen molar-refractivity contribution in [3.05, 3.63) is 84.1 Å². The molecule has 2 heteroatoms. The molecule has 0 N–H and O–H groups in total. The van der Waals surface area contributed by atoms with Crippen LogP contribution in [0.4, 0.5) is 0 Å². The van der Waals surface area contributed by atoms with E-state index in [0.29, 0.717) is 0 Å². The van der Waals surface area contributed by atoms with Gasteiger partial charge in [-0.1, -0.05) is 66.7 Å². The number of aromatic nitrogens is 2. The fourth-order valence-electron chi connectivity index (χ4n) is 3.88. The average molecular weight is 322 g/mol. The minimum Gasteiger partial charge on any atom is -0.296 e. The Morgan fingerprint density at radius 3 is 2.12 bits per heavy atom. The second kappa shape index (κ2) is 5.18. The van der Waals surface area contributed by atoms with Gasteiger partial charge in [0.2, 0.25) is 0 Å². The molecule has 5 rings (SSSR count). The van der Waals surface area contributed by atoms with Gasteiger partial charge in [-0.2, -0.15) is 0 Å². The third-order valence-corrected chi connectivity index (χ3v) is 5.11. The predicted molar refractivity (Wildman–Crippen MR) is 105 cm³/mol. The zero-order valence-electron chi connectivity index (χ0n) is 14.3. The number of fused-ring (bicyclic) bond motifs is 6. The minimum atomic E-state index is 1.03. The molecule has 0 saturated heterocycles. The predicted octanol–water partition coefficient (Wildman–Crippen LogP) is 5.92. The maximum absolute atomic E-state index is 5.08. The van der Waals surface area contributed by atoms with Crippen molar-refractivity contribution in [1.29, 1.82) is 0 Å². The van der Waals surface area contributed by atoms with Crippen LogP contribution in [-0.2, 0) is 0 Å². The van der Waals surface area contributed by atoms with Crippen molar-refractivity contribution < 1.29 is 0 Å². The standard InChI is InChI=1S/C23H18N2/c1-15-9-3-4-10-17(15)22-16(2)25-21-14-8-7-12-19(21)18-11-5-6-13-20(18)23(25)24-22/h3-14H,1-2H3. The highest BCUT2D eigenvalue weighted by Gasteiger charge is 2.16. The Morgan fingerprint density at radius 1 is 0.680 bits per heavy atom. The SMILES string of the molecule is Cc1ccccc1-c1nc2c3ccccc3c3ccccc3n2c1C. The first kappa shape index (κ1) is 14.2. The van der Waals surface area contributed by atoms with E-state index in [-0.39, 0.29) is 0 Å². The second-order valence-corrected chi connectivity index (χ2v) is 6.58. The fourth-order valence-corrected chi connectivity index (χ4v) is 3.88. The van der Waals surface area contributed by atoms with Gasteiger partial charge < -0.3 is 0 Å². The van der Waals surface area contributed by atoms with Gasteiger partial charge in [0.1, 0.15) is 5.65 Å². The lowest BCUT2D eigenvalue weighted by molar-refractivity contribution is 1.17. The molecule has 5 aromatic rings. The summed E-state index contributed by atoms with van der Waals surface area (Å²) in [6, 6.07) is 25.6. The van der Waals surface area contributed by atoms with Crippen LogP contribution < -0.4 is 0 Å². The average Bonchev–Trinajstić information content (AvgIpc) is 3.00.